The van der Waals surface area contributed by atoms with E-state index in [0.717, 1.165) is 27.1 Å². The van der Waals surface area contributed by atoms with E-state index >= 15 is 0 Å². The van der Waals surface area contributed by atoms with Crippen molar-refractivity contribution in [2.75, 3.05) is 25.6 Å². The monoisotopic (exact) mass is 495 g/mol. The number of benzene rings is 3. The quantitative estimate of drug-likeness (QED) is 0.440. The lowest BCUT2D eigenvalue weighted by atomic mass is 10.1. The summed E-state index contributed by atoms with van der Waals surface area (Å²) in [6, 6.07) is 18.6. The molecule has 0 aromatic heterocycles. The van der Waals surface area contributed by atoms with Crippen LogP contribution in [-0.2, 0) is 11.4 Å². The number of methoxy groups -OCH3 is 1. The van der Waals surface area contributed by atoms with Crippen LogP contribution in [0.1, 0.15) is 11.1 Å². The minimum atomic E-state index is -0.245. The zero-order chi connectivity index (χ0) is 22.3. The number of hydrogen-bond donors (Lipinski definition) is 1. The first kappa shape index (κ1) is 21.8. The molecule has 1 amide bonds. The van der Waals surface area contributed by atoms with Crippen molar-refractivity contribution < 1.29 is 23.7 Å². The van der Waals surface area contributed by atoms with Gasteiger partial charge in [0.1, 0.15) is 31.3 Å². The molecule has 0 bridgehead atoms. The van der Waals surface area contributed by atoms with Gasteiger partial charge in [0.05, 0.1) is 7.11 Å². The first-order valence-electron chi connectivity index (χ1n) is 10.0. The number of carbonyl (C=O) groups excluding carboxylic acids is 1. The first-order chi connectivity index (χ1) is 15.6. The molecular weight excluding hydrogens is 474 g/mol. The molecule has 164 valence electrons. The Kier molecular flexibility index (Phi) is 6.97. The van der Waals surface area contributed by atoms with E-state index in [0.29, 0.717) is 37.0 Å². The van der Waals surface area contributed by atoms with Crippen LogP contribution in [-0.4, -0.2) is 26.2 Å². The van der Waals surface area contributed by atoms with Crippen LogP contribution in [0.2, 0.25) is 0 Å². The summed E-state index contributed by atoms with van der Waals surface area (Å²) in [6.07, 6.45) is 3.23. The van der Waals surface area contributed by atoms with E-state index in [2.05, 4.69) is 21.2 Å². The molecule has 0 unspecified atom stereocenters. The predicted octanol–water partition coefficient (Wildman–Crippen LogP) is 5.46. The van der Waals surface area contributed by atoms with E-state index in [4.69, 9.17) is 18.9 Å². The number of amides is 1. The molecule has 0 saturated carbocycles. The Morgan fingerprint density at radius 3 is 2.59 bits per heavy atom. The number of nitrogens with one attached hydrogen (secondary N) is 1. The molecule has 1 heterocycles. The molecule has 32 heavy (non-hydrogen) atoms. The van der Waals surface area contributed by atoms with Crippen molar-refractivity contribution in [3.8, 4) is 23.0 Å². The zero-order valence-corrected chi connectivity index (χ0v) is 19.1. The summed E-state index contributed by atoms with van der Waals surface area (Å²) in [6.45, 7) is 1.37. The molecule has 0 atom stereocenters. The number of hydrogen-bond acceptors (Lipinski definition) is 5. The molecule has 3 aromatic rings. The molecule has 0 spiro atoms. The van der Waals surface area contributed by atoms with E-state index in [1.807, 2.05) is 42.5 Å². The van der Waals surface area contributed by atoms with E-state index in [9.17, 15) is 4.79 Å². The Balaban J connectivity index is 1.41. The average Bonchev–Trinajstić information content (AvgIpc) is 2.82. The van der Waals surface area contributed by atoms with Gasteiger partial charge in [-0.3, -0.25) is 4.79 Å². The number of ether oxygens (including phenoxy) is 4. The third-order valence-corrected chi connectivity index (χ3v) is 5.28. The number of rotatable bonds is 7. The van der Waals surface area contributed by atoms with E-state index < -0.39 is 0 Å². The fraction of sp³-hybridized carbons (Fsp3) is 0.160. The van der Waals surface area contributed by atoms with Gasteiger partial charge in [-0.1, -0.05) is 22.0 Å². The average molecular weight is 496 g/mol. The van der Waals surface area contributed by atoms with Crippen LogP contribution in [0.4, 0.5) is 5.69 Å². The molecular formula is C25H22BrNO5. The van der Waals surface area contributed by atoms with Gasteiger partial charge in [-0.05, 0) is 60.2 Å². The topological polar surface area (TPSA) is 66.0 Å². The van der Waals surface area contributed by atoms with Gasteiger partial charge < -0.3 is 24.3 Å². The predicted molar refractivity (Wildman–Crippen MR) is 127 cm³/mol. The normalized spacial score (nSPS) is 12.4. The van der Waals surface area contributed by atoms with E-state index in [-0.39, 0.29) is 5.91 Å². The van der Waals surface area contributed by atoms with Crippen LogP contribution in [0.3, 0.4) is 0 Å². The maximum atomic E-state index is 12.4. The van der Waals surface area contributed by atoms with Gasteiger partial charge in [-0.25, -0.2) is 0 Å². The van der Waals surface area contributed by atoms with Crippen molar-refractivity contribution in [2.45, 2.75) is 6.61 Å². The Labute approximate surface area is 194 Å². The van der Waals surface area contributed by atoms with Crippen molar-refractivity contribution in [3.05, 3.63) is 82.3 Å². The summed E-state index contributed by atoms with van der Waals surface area (Å²) >= 11 is 3.41. The summed E-state index contributed by atoms with van der Waals surface area (Å²) in [7, 11) is 1.62. The largest absolute Gasteiger partial charge is 0.496 e. The fourth-order valence-electron chi connectivity index (χ4n) is 3.18. The molecule has 3 aromatic carbocycles. The molecule has 4 rings (SSSR count). The summed E-state index contributed by atoms with van der Waals surface area (Å²) in [5.41, 5.74) is 2.38. The molecule has 0 radical (unpaired) electrons. The summed E-state index contributed by atoms with van der Waals surface area (Å²) < 4.78 is 23.4. The van der Waals surface area contributed by atoms with Crippen LogP contribution in [0.15, 0.2) is 71.2 Å². The Morgan fingerprint density at radius 1 is 1.03 bits per heavy atom. The van der Waals surface area contributed by atoms with Gasteiger partial charge in [-0.2, -0.15) is 0 Å². The highest BCUT2D eigenvalue weighted by molar-refractivity contribution is 9.10. The van der Waals surface area contributed by atoms with Crippen molar-refractivity contribution >= 4 is 33.6 Å². The Morgan fingerprint density at radius 2 is 1.81 bits per heavy atom. The number of halogens is 1. The van der Waals surface area contributed by atoms with Crippen molar-refractivity contribution in [2.24, 2.45) is 0 Å². The van der Waals surface area contributed by atoms with Crippen molar-refractivity contribution in [1.82, 2.24) is 0 Å². The van der Waals surface area contributed by atoms with E-state index in [1.165, 1.54) is 6.08 Å². The lowest BCUT2D eigenvalue weighted by Crippen LogP contribution is -2.16. The van der Waals surface area contributed by atoms with Gasteiger partial charge in [0, 0.05) is 27.9 Å². The summed E-state index contributed by atoms with van der Waals surface area (Å²) in [4.78, 5) is 12.4. The lowest BCUT2D eigenvalue weighted by Gasteiger charge is -2.18. The third kappa shape index (κ3) is 5.62. The van der Waals surface area contributed by atoms with Crippen LogP contribution in [0.5, 0.6) is 23.0 Å². The standard InChI is InChI=1S/C25H22BrNO5/c1-29-22-9-2-17(14-18(22)16-32-21-7-4-19(26)5-8-21)3-11-25(28)27-20-6-10-23-24(15-20)31-13-12-30-23/h2-11,14-15H,12-13,16H2,1H3,(H,27,28). The molecule has 0 aliphatic carbocycles. The highest BCUT2D eigenvalue weighted by Crippen LogP contribution is 2.32. The second-order valence-corrected chi connectivity index (χ2v) is 7.91. The molecule has 0 saturated heterocycles. The van der Waals surface area contributed by atoms with Gasteiger partial charge >= 0.3 is 0 Å². The molecule has 1 N–H and O–H groups in total. The highest BCUT2D eigenvalue weighted by atomic mass is 79.9. The third-order valence-electron chi connectivity index (χ3n) is 4.75. The lowest BCUT2D eigenvalue weighted by molar-refractivity contribution is -0.111. The molecule has 1 aliphatic rings. The van der Waals surface area contributed by atoms with Gasteiger partial charge in [0.15, 0.2) is 11.5 Å². The van der Waals surface area contributed by atoms with Crippen LogP contribution in [0, 0.1) is 0 Å². The van der Waals surface area contributed by atoms with Gasteiger partial charge in [-0.15, -0.1) is 0 Å². The van der Waals surface area contributed by atoms with Gasteiger partial charge in [0.2, 0.25) is 5.91 Å². The van der Waals surface area contributed by atoms with Crippen LogP contribution >= 0.6 is 15.9 Å². The fourth-order valence-corrected chi connectivity index (χ4v) is 3.45. The second-order valence-electron chi connectivity index (χ2n) is 6.99. The molecule has 7 heteroatoms. The minimum Gasteiger partial charge on any atom is -0.496 e. The van der Waals surface area contributed by atoms with Gasteiger partial charge in [0.25, 0.3) is 0 Å². The minimum absolute atomic E-state index is 0.245. The van der Waals surface area contributed by atoms with Crippen LogP contribution in [0.25, 0.3) is 6.08 Å². The smallest absolute Gasteiger partial charge is 0.248 e. The Hall–Kier alpha value is -3.45. The SMILES string of the molecule is COc1ccc(C=CC(=O)Nc2ccc3c(c2)OCCO3)cc1COc1ccc(Br)cc1. The zero-order valence-electron chi connectivity index (χ0n) is 17.5. The number of anilines is 1. The molecule has 0 fully saturated rings. The van der Waals surface area contributed by atoms with Crippen LogP contribution < -0.4 is 24.3 Å². The van der Waals surface area contributed by atoms with E-state index in [1.54, 1.807) is 31.4 Å². The maximum absolute atomic E-state index is 12.4. The number of fused-ring (bicyclic) bond motifs is 1. The highest BCUT2D eigenvalue weighted by Gasteiger charge is 2.12. The summed E-state index contributed by atoms with van der Waals surface area (Å²) in [5.74, 6) is 2.55. The first-order valence-corrected chi connectivity index (χ1v) is 10.8. The second kappa shape index (κ2) is 10.2. The maximum Gasteiger partial charge on any atom is 0.248 e. The molecule has 6 nitrogen and oxygen atoms in total. The number of carbonyl (C=O) groups is 1. The van der Waals surface area contributed by atoms with Crippen molar-refractivity contribution in [3.63, 3.8) is 0 Å². The molecule has 1 aliphatic heterocycles. The van der Waals surface area contributed by atoms with Crippen molar-refractivity contribution in [1.29, 1.82) is 0 Å². The Bertz CT molecular complexity index is 1130. The summed E-state index contributed by atoms with van der Waals surface area (Å²) in [5, 5.41) is 2.84.